The molecule has 0 unspecified atom stereocenters. The third-order valence-electron chi connectivity index (χ3n) is 3.83. The number of carbonyl (C=O) groups is 2. The fourth-order valence-corrected chi connectivity index (χ4v) is 2.95. The number of halogens is 4. The first-order chi connectivity index (χ1) is 14.2. The number of carbonyl (C=O) groups excluding carboxylic acids is 2. The Bertz CT molecular complexity index is 1100. The monoisotopic (exact) mass is 454 g/mol. The van der Waals surface area contributed by atoms with E-state index in [2.05, 4.69) is 10.4 Å². The minimum Gasteiger partial charge on any atom is -0.390 e. The topological polar surface area (TPSA) is 99.2 Å². The van der Waals surface area contributed by atoms with Crippen LogP contribution in [0, 0.1) is 11.6 Å². The summed E-state index contributed by atoms with van der Waals surface area (Å²) in [6, 6.07) is 9.04. The molecule has 0 bridgehead atoms. The zero-order chi connectivity index (χ0) is 21.8. The van der Waals surface area contributed by atoms with E-state index in [-0.39, 0.29) is 28.9 Å². The summed E-state index contributed by atoms with van der Waals surface area (Å²) >= 11 is 11.8. The normalized spacial score (nSPS) is 10.7. The maximum Gasteiger partial charge on any atom is 0.414 e. The average Bonchev–Trinajstić information content (AvgIpc) is 3.06. The molecule has 0 aliphatic heterocycles. The van der Waals surface area contributed by atoms with Gasteiger partial charge in [-0.25, -0.2) is 18.3 Å². The van der Waals surface area contributed by atoms with Gasteiger partial charge in [0.25, 0.3) is 0 Å². The van der Waals surface area contributed by atoms with E-state index in [1.165, 1.54) is 35.0 Å². The van der Waals surface area contributed by atoms with Crippen LogP contribution in [-0.2, 0) is 4.79 Å². The molecule has 2 aromatic carbocycles. The smallest absolute Gasteiger partial charge is 0.390 e. The lowest BCUT2D eigenvalue weighted by atomic mass is 10.1. The van der Waals surface area contributed by atoms with Crippen molar-refractivity contribution in [2.75, 3.05) is 6.54 Å². The molecular formula is C19H14Cl2F2N4O3. The van der Waals surface area contributed by atoms with Crippen LogP contribution in [-0.4, -0.2) is 28.3 Å². The Morgan fingerprint density at radius 1 is 1.13 bits per heavy atom. The molecule has 7 nitrogen and oxygen atoms in total. The molecule has 0 aliphatic carbocycles. The highest BCUT2D eigenvalue weighted by atomic mass is 35.5. The zero-order valence-corrected chi connectivity index (χ0v) is 16.7. The van der Waals surface area contributed by atoms with Gasteiger partial charge in [-0.3, -0.25) is 4.79 Å². The Morgan fingerprint density at radius 2 is 1.90 bits per heavy atom. The molecule has 0 saturated heterocycles. The third kappa shape index (κ3) is 5.25. The number of hydrogen-bond acceptors (Lipinski definition) is 4. The number of aromatic nitrogens is 2. The van der Waals surface area contributed by atoms with Crippen LogP contribution in [0.2, 0.25) is 10.0 Å². The summed E-state index contributed by atoms with van der Waals surface area (Å²) in [4.78, 5) is 22.7. The Balaban J connectivity index is 1.98. The van der Waals surface area contributed by atoms with E-state index in [9.17, 15) is 18.4 Å². The SMILES string of the molecule is NC(=O)CCNC(=O)Oc1cc(-c2cc(F)cc(Cl)c2)n(-c2ccc(F)c(Cl)c2)n1. The van der Waals surface area contributed by atoms with E-state index in [0.29, 0.717) is 16.9 Å². The molecule has 0 atom stereocenters. The van der Waals surface area contributed by atoms with Gasteiger partial charge in [0.2, 0.25) is 11.8 Å². The second-order valence-corrected chi connectivity index (χ2v) is 6.91. The fraction of sp³-hybridized carbons (Fsp3) is 0.105. The molecule has 2 amide bonds. The minimum atomic E-state index is -0.873. The fourth-order valence-electron chi connectivity index (χ4n) is 2.55. The number of rotatable bonds is 6. The van der Waals surface area contributed by atoms with Crippen molar-refractivity contribution >= 4 is 35.2 Å². The highest BCUT2D eigenvalue weighted by Gasteiger charge is 2.17. The van der Waals surface area contributed by atoms with Crippen LogP contribution in [0.15, 0.2) is 42.5 Å². The third-order valence-corrected chi connectivity index (χ3v) is 4.34. The number of amides is 2. The van der Waals surface area contributed by atoms with Crippen LogP contribution < -0.4 is 15.8 Å². The molecule has 11 heteroatoms. The summed E-state index contributed by atoms with van der Waals surface area (Å²) < 4.78 is 33.8. The standard InChI is InChI=1S/C19H14Cl2F2N4O3/c20-11-5-10(6-12(22)7-11)16-9-18(30-19(29)25-4-3-17(24)28)26-27(16)13-1-2-15(23)14(21)8-13/h1-2,5-9H,3-4H2,(H2,24,28)(H,25,29). The van der Waals surface area contributed by atoms with E-state index in [1.807, 2.05) is 0 Å². The summed E-state index contributed by atoms with van der Waals surface area (Å²) in [7, 11) is 0. The lowest BCUT2D eigenvalue weighted by molar-refractivity contribution is -0.117. The largest absolute Gasteiger partial charge is 0.414 e. The summed E-state index contributed by atoms with van der Waals surface area (Å²) in [6.45, 7) is -0.0190. The number of hydrogen-bond donors (Lipinski definition) is 2. The van der Waals surface area contributed by atoms with Gasteiger partial charge in [0, 0.05) is 29.6 Å². The molecule has 0 radical (unpaired) electrons. The van der Waals surface area contributed by atoms with E-state index in [1.54, 1.807) is 0 Å². The van der Waals surface area contributed by atoms with Gasteiger partial charge in [-0.05, 0) is 36.4 Å². The van der Waals surface area contributed by atoms with Crippen LogP contribution >= 0.6 is 23.2 Å². The van der Waals surface area contributed by atoms with Gasteiger partial charge in [-0.1, -0.05) is 23.2 Å². The van der Waals surface area contributed by atoms with Crippen molar-refractivity contribution in [3.05, 3.63) is 64.1 Å². The average molecular weight is 455 g/mol. The van der Waals surface area contributed by atoms with Crippen molar-refractivity contribution in [1.82, 2.24) is 15.1 Å². The van der Waals surface area contributed by atoms with Crippen LogP contribution in [0.25, 0.3) is 16.9 Å². The molecule has 1 heterocycles. The number of nitrogens with two attached hydrogens (primary N) is 1. The van der Waals surface area contributed by atoms with Gasteiger partial charge in [0.15, 0.2) is 0 Å². The van der Waals surface area contributed by atoms with Crippen LogP contribution in [0.1, 0.15) is 6.42 Å². The van der Waals surface area contributed by atoms with E-state index in [0.717, 1.165) is 12.1 Å². The van der Waals surface area contributed by atoms with Crippen molar-refractivity contribution in [1.29, 1.82) is 0 Å². The summed E-state index contributed by atoms with van der Waals surface area (Å²) in [5.41, 5.74) is 5.97. The maximum absolute atomic E-state index is 13.9. The molecule has 3 aromatic rings. The van der Waals surface area contributed by atoms with Crippen molar-refractivity contribution in [3.8, 4) is 22.8 Å². The predicted octanol–water partition coefficient (Wildman–Crippen LogP) is 4.09. The molecule has 1 aromatic heterocycles. The second-order valence-electron chi connectivity index (χ2n) is 6.07. The van der Waals surface area contributed by atoms with Crippen molar-refractivity contribution in [3.63, 3.8) is 0 Å². The molecular weight excluding hydrogens is 441 g/mol. The number of ether oxygens (including phenoxy) is 1. The number of primary amides is 1. The quantitative estimate of drug-likeness (QED) is 0.585. The van der Waals surface area contributed by atoms with E-state index < -0.39 is 23.6 Å². The van der Waals surface area contributed by atoms with Crippen LogP contribution in [0.5, 0.6) is 5.88 Å². The Morgan fingerprint density at radius 3 is 2.57 bits per heavy atom. The van der Waals surface area contributed by atoms with Gasteiger partial charge >= 0.3 is 6.09 Å². The molecule has 0 spiro atoms. The lowest BCUT2D eigenvalue weighted by Gasteiger charge is -2.08. The Hall–Kier alpha value is -3.17. The Kier molecular flexibility index (Phi) is 6.53. The van der Waals surface area contributed by atoms with Gasteiger partial charge < -0.3 is 15.8 Å². The first kappa shape index (κ1) is 21.5. The van der Waals surface area contributed by atoms with Crippen molar-refractivity contribution in [2.45, 2.75) is 6.42 Å². The number of nitrogens with zero attached hydrogens (tertiary/aromatic N) is 2. The zero-order valence-electron chi connectivity index (χ0n) is 15.2. The first-order valence-electron chi connectivity index (χ1n) is 8.49. The molecule has 30 heavy (non-hydrogen) atoms. The lowest BCUT2D eigenvalue weighted by Crippen LogP contribution is -2.30. The van der Waals surface area contributed by atoms with Crippen LogP contribution in [0.3, 0.4) is 0 Å². The van der Waals surface area contributed by atoms with Gasteiger partial charge in [-0.2, -0.15) is 0 Å². The minimum absolute atomic E-state index is 0.0190. The maximum atomic E-state index is 13.9. The summed E-state index contributed by atoms with van der Waals surface area (Å²) in [5, 5.41) is 6.49. The van der Waals surface area contributed by atoms with E-state index >= 15 is 0 Å². The first-order valence-corrected chi connectivity index (χ1v) is 9.24. The summed E-state index contributed by atoms with van der Waals surface area (Å²) in [5.74, 6) is -1.94. The van der Waals surface area contributed by atoms with Gasteiger partial charge in [0.05, 0.1) is 16.4 Å². The molecule has 3 rings (SSSR count). The molecule has 0 fully saturated rings. The Labute approximate surface area is 179 Å². The highest BCUT2D eigenvalue weighted by molar-refractivity contribution is 6.31. The predicted molar refractivity (Wildman–Crippen MR) is 107 cm³/mol. The van der Waals surface area contributed by atoms with Crippen molar-refractivity contribution < 1.29 is 23.1 Å². The van der Waals surface area contributed by atoms with Crippen molar-refractivity contribution in [2.24, 2.45) is 5.73 Å². The van der Waals surface area contributed by atoms with E-state index in [4.69, 9.17) is 33.7 Å². The van der Waals surface area contributed by atoms with Crippen LogP contribution in [0.4, 0.5) is 13.6 Å². The highest BCUT2D eigenvalue weighted by Crippen LogP contribution is 2.31. The molecule has 0 saturated carbocycles. The molecule has 3 N–H and O–H groups in total. The number of nitrogens with one attached hydrogen (secondary N) is 1. The van der Waals surface area contributed by atoms with Gasteiger partial charge in [0.1, 0.15) is 11.6 Å². The molecule has 0 aliphatic rings. The second kappa shape index (κ2) is 9.10. The number of benzene rings is 2. The molecule has 156 valence electrons. The summed E-state index contributed by atoms with van der Waals surface area (Å²) in [6.07, 6.45) is -0.938. The van der Waals surface area contributed by atoms with Gasteiger partial charge in [-0.15, -0.1) is 5.10 Å².